The third-order valence-electron chi connectivity index (χ3n) is 7.00. The number of aromatic nitrogens is 2. The first-order valence-corrected chi connectivity index (χ1v) is 10.7. The zero-order valence-corrected chi connectivity index (χ0v) is 17.3. The molecule has 3 aromatic rings. The lowest BCUT2D eigenvalue weighted by molar-refractivity contribution is -0.223. The number of hydrogen-bond donors (Lipinski definition) is 0. The molecule has 1 unspecified atom stereocenters. The van der Waals surface area contributed by atoms with E-state index >= 15 is 0 Å². The molecular weight excluding hydrogens is 422 g/mol. The minimum Gasteiger partial charge on any atom is -0.272 e. The monoisotopic (exact) mass is 440 g/mol. The predicted octanol–water partition coefficient (Wildman–Crippen LogP) is 5.10. The van der Waals surface area contributed by atoms with Crippen LogP contribution in [0.15, 0.2) is 47.6 Å². The van der Waals surface area contributed by atoms with Gasteiger partial charge in [0.25, 0.3) is 0 Å². The number of rotatable bonds is 4. The van der Waals surface area contributed by atoms with Gasteiger partial charge in [-0.15, -0.1) is 0 Å². The minimum atomic E-state index is -0.649. The first-order valence-electron chi connectivity index (χ1n) is 10.3. The molecule has 1 aliphatic heterocycles. The highest BCUT2D eigenvalue weighted by Gasteiger charge is 2.72. The molecule has 0 N–H and O–H groups in total. The lowest BCUT2D eigenvalue weighted by Crippen LogP contribution is -2.68. The Bertz CT molecular complexity index is 1230. The maximum absolute atomic E-state index is 13.7. The van der Waals surface area contributed by atoms with Crippen molar-refractivity contribution in [3.63, 3.8) is 0 Å². The molecule has 8 heteroatoms. The zero-order valence-electron chi connectivity index (χ0n) is 16.6. The van der Waals surface area contributed by atoms with Gasteiger partial charge in [0.1, 0.15) is 11.6 Å². The Balaban J connectivity index is 1.19. The second-order valence-electron chi connectivity index (χ2n) is 9.18. The number of hydrogen-bond acceptors (Lipinski definition) is 3. The zero-order chi connectivity index (χ0) is 21.4. The number of hydrazone groups is 1. The standard InChI is InChI=1S/C23H19ClF2N4O/c24-20-17-3-1-2-4-19(17)29(28-20)13-22-10-23(11-22,12-22)21(31)30-18(5-6-27-30)14-7-15(25)9-16(26)8-14/h1-4,6-9,18H,5,10-13H2. The van der Waals surface area contributed by atoms with Gasteiger partial charge in [-0.25, -0.2) is 13.8 Å². The van der Waals surface area contributed by atoms with Crippen LogP contribution in [0.5, 0.6) is 0 Å². The van der Waals surface area contributed by atoms with Crippen molar-refractivity contribution in [2.45, 2.75) is 38.3 Å². The Kier molecular flexibility index (Phi) is 3.88. The van der Waals surface area contributed by atoms with Crippen molar-refractivity contribution in [1.82, 2.24) is 14.8 Å². The number of para-hydroxylation sites is 1. The number of halogens is 3. The van der Waals surface area contributed by atoms with Crippen molar-refractivity contribution in [3.05, 3.63) is 64.8 Å². The first-order chi connectivity index (χ1) is 14.9. The lowest BCUT2D eigenvalue weighted by atomic mass is 9.34. The molecule has 4 aliphatic rings. The summed E-state index contributed by atoms with van der Waals surface area (Å²) in [6, 6.07) is 10.8. The number of amides is 1. The van der Waals surface area contributed by atoms with Gasteiger partial charge in [0.15, 0.2) is 5.15 Å². The molecule has 0 radical (unpaired) electrons. The highest BCUT2D eigenvalue weighted by molar-refractivity contribution is 6.34. The SMILES string of the molecule is O=C(N1N=CCC1c1cc(F)cc(F)c1)C12CC(Cn3nc(Cl)c4ccccc43)(C1)C2. The number of fused-ring (bicyclic) bond motifs is 1. The van der Waals surface area contributed by atoms with E-state index in [1.54, 1.807) is 6.21 Å². The molecule has 31 heavy (non-hydrogen) atoms. The molecular formula is C23H19ClF2N4O. The molecule has 5 nitrogen and oxygen atoms in total. The maximum Gasteiger partial charge on any atom is 0.249 e. The predicted molar refractivity (Wildman–Crippen MR) is 113 cm³/mol. The Hall–Kier alpha value is -2.80. The summed E-state index contributed by atoms with van der Waals surface area (Å²) in [5.74, 6) is -1.35. The molecule has 1 amide bonds. The van der Waals surface area contributed by atoms with Gasteiger partial charge in [-0.1, -0.05) is 23.7 Å². The fourth-order valence-electron chi connectivity index (χ4n) is 5.81. The Morgan fingerprint density at radius 3 is 2.58 bits per heavy atom. The Morgan fingerprint density at radius 1 is 1.13 bits per heavy atom. The molecule has 1 atom stereocenters. The minimum absolute atomic E-state index is 0.0394. The van der Waals surface area contributed by atoms with E-state index in [1.165, 1.54) is 17.1 Å². The van der Waals surface area contributed by atoms with Crippen molar-refractivity contribution in [1.29, 1.82) is 0 Å². The summed E-state index contributed by atoms with van der Waals surface area (Å²) in [6.07, 6.45) is 4.39. The van der Waals surface area contributed by atoms with Gasteiger partial charge in [-0.05, 0) is 54.5 Å². The van der Waals surface area contributed by atoms with Gasteiger partial charge in [0.2, 0.25) is 5.91 Å². The van der Waals surface area contributed by atoms with Gasteiger partial charge in [-0.2, -0.15) is 10.2 Å². The van der Waals surface area contributed by atoms with Crippen LogP contribution in [0.1, 0.15) is 37.3 Å². The second kappa shape index (κ2) is 6.36. The molecule has 2 heterocycles. The van der Waals surface area contributed by atoms with Crippen LogP contribution in [0.3, 0.4) is 0 Å². The van der Waals surface area contributed by atoms with Crippen LogP contribution in [-0.4, -0.2) is 26.9 Å². The molecule has 3 saturated carbocycles. The fraction of sp³-hybridized carbons (Fsp3) is 0.348. The van der Waals surface area contributed by atoms with E-state index in [-0.39, 0.29) is 11.3 Å². The Labute approximate surface area is 182 Å². The quantitative estimate of drug-likeness (QED) is 0.567. The van der Waals surface area contributed by atoms with Crippen molar-refractivity contribution in [2.75, 3.05) is 0 Å². The summed E-state index contributed by atoms with van der Waals surface area (Å²) in [4.78, 5) is 13.3. The summed E-state index contributed by atoms with van der Waals surface area (Å²) < 4.78 is 29.3. The molecule has 158 valence electrons. The van der Waals surface area contributed by atoms with Crippen LogP contribution >= 0.6 is 11.6 Å². The molecule has 1 aromatic heterocycles. The molecule has 2 aromatic carbocycles. The average molecular weight is 441 g/mol. The summed E-state index contributed by atoms with van der Waals surface area (Å²) >= 11 is 6.28. The summed E-state index contributed by atoms with van der Waals surface area (Å²) in [5, 5.41) is 11.6. The van der Waals surface area contributed by atoms with Crippen LogP contribution < -0.4 is 0 Å². The van der Waals surface area contributed by atoms with Gasteiger partial charge in [0.05, 0.1) is 17.0 Å². The van der Waals surface area contributed by atoms with Gasteiger partial charge >= 0.3 is 0 Å². The van der Waals surface area contributed by atoms with Crippen molar-refractivity contribution in [2.24, 2.45) is 15.9 Å². The average Bonchev–Trinajstić information content (AvgIpc) is 3.28. The molecule has 0 spiro atoms. The van der Waals surface area contributed by atoms with Gasteiger partial charge in [0, 0.05) is 30.6 Å². The van der Waals surface area contributed by atoms with E-state index in [4.69, 9.17) is 11.6 Å². The summed E-state index contributed by atoms with van der Waals surface area (Å²) in [6.45, 7) is 0.719. The van der Waals surface area contributed by atoms with Crippen LogP contribution in [0.25, 0.3) is 10.9 Å². The van der Waals surface area contributed by atoms with E-state index in [1.807, 2.05) is 28.9 Å². The van der Waals surface area contributed by atoms with Crippen LogP contribution in [0, 0.1) is 22.5 Å². The second-order valence-corrected chi connectivity index (χ2v) is 9.54. The van der Waals surface area contributed by atoms with E-state index in [2.05, 4.69) is 10.2 Å². The lowest BCUT2D eigenvalue weighted by Gasteiger charge is -2.69. The number of nitrogens with zero attached hydrogens (tertiary/aromatic N) is 4. The third-order valence-corrected chi connectivity index (χ3v) is 7.28. The smallest absolute Gasteiger partial charge is 0.249 e. The largest absolute Gasteiger partial charge is 0.272 e. The van der Waals surface area contributed by atoms with Crippen molar-refractivity contribution in [3.8, 4) is 0 Å². The summed E-state index contributed by atoms with van der Waals surface area (Å²) in [7, 11) is 0. The molecule has 3 aliphatic carbocycles. The van der Waals surface area contributed by atoms with E-state index < -0.39 is 23.1 Å². The maximum atomic E-state index is 13.7. The Morgan fingerprint density at radius 2 is 1.84 bits per heavy atom. The van der Waals surface area contributed by atoms with Crippen LogP contribution in [0.2, 0.25) is 5.15 Å². The van der Waals surface area contributed by atoms with E-state index in [0.29, 0.717) is 17.1 Å². The fourth-order valence-corrected chi connectivity index (χ4v) is 6.07. The number of carbonyl (C=O) groups excluding carboxylic acids is 1. The molecule has 3 fully saturated rings. The first kappa shape index (κ1) is 18.9. The van der Waals surface area contributed by atoms with Gasteiger partial charge < -0.3 is 0 Å². The van der Waals surface area contributed by atoms with Gasteiger partial charge in [-0.3, -0.25) is 9.48 Å². The molecule has 7 rings (SSSR count). The number of benzene rings is 2. The molecule has 0 saturated heterocycles. The topological polar surface area (TPSA) is 50.5 Å². The van der Waals surface area contributed by atoms with E-state index in [0.717, 1.165) is 42.8 Å². The molecule has 2 bridgehead atoms. The highest BCUT2D eigenvalue weighted by Crippen LogP contribution is 2.74. The van der Waals surface area contributed by atoms with Crippen LogP contribution in [-0.2, 0) is 11.3 Å². The normalized spacial score (nSPS) is 28.6. The highest BCUT2D eigenvalue weighted by atomic mass is 35.5. The third kappa shape index (κ3) is 2.75. The van der Waals surface area contributed by atoms with Crippen molar-refractivity contribution < 1.29 is 13.6 Å². The summed E-state index contributed by atoms with van der Waals surface area (Å²) in [5.41, 5.74) is 1.04. The number of carbonyl (C=O) groups is 1. The van der Waals surface area contributed by atoms with Crippen LogP contribution in [0.4, 0.5) is 8.78 Å². The van der Waals surface area contributed by atoms with E-state index in [9.17, 15) is 13.6 Å². The van der Waals surface area contributed by atoms with Crippen molar-refractivity contribution >= 4 is 34.6 Å².